The molecular weight excluding hydrogens is 430 g/mol. The molecule has 2 aromatic rings. The molecule has 1 aliphatic carbocycles. The van der Waals surface area contributed by atoms with Gasteiger partial charge in [-0.1, -0.05) is 61.4 Å². The summed E-state index contributed by atoms with van der Waals surface area (Å²) in [6.45, 7) is 3.75. The van der Waals surface area contributed by atoms with E-state index in [4.69, 9.17) is 5.73 Å². The zero-order valence-electron chi connectivity index (χ0n) is 19.7. The molecule has 0 aromatic heterocycles. The molecular formula is C27H37N3O2S. The molecule has 178 valence electrons. The molecule has 5 nitrogen and oxygen atoms in total. The van der Waals surface area contributed by atoms with Gasteiger partial charge in [-0.25, -0.2) is 8.42 Å². The van der Waals surface area contributed by atoms with Gasteiger partial charge in [-0.3, -0.25) is 9.62 Å². The van der Waals surface area contributed by atoms with Gasteiger partial charge in [0.25, 0.3) is 0 Å². The maximum atomic E-state index is 11.4. The first-order valence-electron chi connectivity index (χ1n) is 12.1. The van der Waals surface area contributed by atoms with Gasteiger partial charge in [0, 0.05) is 30.7 Å². The van der Waals surface area contributed by atoms with Crippen LogP contribution in [0.4, 0.5) is 5.69 Å². The van der Waals surface area contributed by atoms with Gasteiger partial charge in [-0.05, 0) is 67.0 Å². The summed E-state index contributed by atoms with van der Waals surface area (Å²) in [6.07, 6.45) is 10.8. The Bertz CT molecular complexity index is 1040. The Labute approximate surface area is 199 Å². The standard InChI is InChI=1S/C27H37N3O2S/c1-33(31,32)29-26-13-11-22(12-14-26)23-15-18-30(19-16-23)20-17-27(21-28,25-9-5-6-10-25)24-7-3-2-4-8-24/h2-4,7-8,11-15,25,29H,5-6,9-10,16-21,28H2,1H3. The molecule has 2 aliphatic rings. The van der Waals surface area contributed by atoms with Crippen LogP contribution < -0.4 is 10.5 Å². The number of hydrogen-bond donors (Lipinski definition) is 2. The number of nitrogens with zero attached hydrogens (tertiary/aromatic N) is 1. The Morgan fingerprint density at radius 3 is 2.33 bits per heavy atom. The minimum absolute atomic E-state index is 0.0736. The lowest BCUT2D eigenvalue weighted by Crippen LogP contribution is -2.44. The van der Waals surface area contributed by atoms with E-state index in [9.17, 15) is 8.42 Å². The van der Waals surface area contributed by atoms with Crippen molar-refractivity contribution in [2.24, 2.45) is 11.7 Å². The van der Waals surface area contributed by atoms with Crippen molar-refractivity contribution in [3.63, 3.8) is 0 Å². The fourth-order valence-corrected chi connectivity index (χ4v) is 6.28. The van der Waals surface area contributed by atoms with Crippen molar-refractivity contribution in [2.45, 2.75) is 43.9 Å². The van der Waals surface area contributed by atoms with Gasteiger partial charge in [0.1, 0.15) is 0 Å². The summed E-state index contributed by atoms with van der Waals surface area (Å²) in [4.78, 5) is 2.55. The van der Waals surface area contributed by atoms with Crippen LogP contribution in [0.3, 0.4) is 0 Å². The van der Waals surface area contributed by atoms with E-state index in [0.717, 1.165) is 32.5 Å². The van der Waals surface area contributed by atoms with Crippen LogP contribution in [0.2, 0.25) is 0 Å². The second-order valence-electron chi connectivity index (χ2n) is 9.69. The van der Waals surface area contributed by atoms with Gasteiger partial charge < -0.3 is 5.73 Å². The van der Waals surface area contributed by atoms with Gasteiger partial charge in [0.15, 0.2) is 0 Å². The van der Waals surface area contributed by atoms with E-state index in [1.807, 2.05) is 24.3 Å². The fraction of sp³-hybridized carbons (Fsp3) is 0.481. The highest BCUT2D eigenvalue weighted by molar-refractivity contribution is 7.92. The van der Waals surface area contributed by atoms with Crippen LogP contribution >= 0.6 is 0 Å². The number of benzene rings is 2. The molecule has 1 aliphatic heterocycles. The predicted octanol–water partition coefficient (Wildman–Crippen LogP) is 4.62. The van der Waals surface area contributed by atoms with Gasteiger partial charge in [-0.15, -0.1) is 0 Å². The van der Waals surface area contributed by atoms with E-state index in [0.29, 0.717) is 18.2 Å². The molecule has 0 amide bonds. The Balaban J connectivity index is 1.41. The van der Waals surface area contributed by atoms with Crippen LogP contribution in [0.1, 0.15) is 49.7 Å². The van der Waals surface area contributed by atoms with Crippen molar-refractivity contribution >= 4 is 21.3 Å². The van der Waals surface area contributed by atoms with Gasteiger partial charge >= 0.3 is 0 Å². The molecule has 0 radical (unpaired) electrons. The number of nitrogens with one attached hydrogen (secondary N) is 1. The molecule has 3 N–H and O–H groups in total. The quantitative estimate of drug-likeness (QED) is 0.564. The SMILES string of the molecule is CS(=O)(=O)Nc1ccc(C2=CCN(CCC(CN)(c3ccccc3)C3CCCC3)CC2)cc1. The van der Waals surface area contributed by atoms with E-state index in [1.54, 1.807) is 0 Å². The molecule has 1 unspecified atom stereocenters. The highest BCUT2D eigenvalue weighted by Crippen LogP contribution is 2.44. The Kier molecular flexibility index (Phi) is 7.57. The molecule has 0 saturated heterocycles. The summed E-state index contributed by atoms with van der Waals surface area (Å²) >= 11 is 0. The smallest absolute Gasteiger partial charge is 0.229 e. The zero-order chi connectivity index (χ0) is 23.3. The number of rotatable bonds is 9. The van der Waals surface area contributed by atoms with Gasteiger partial charge in [-0.2, -0.15) is 0 Å². The molecule has 1 saturated carbocycles. The monoisotopic (exact) mass is 467 g/mol. The van der Waals surface area contributed by atoms with Crippen molar-refractivity contribution in [1.82, 2.24) is 4.90 Å². The molecule has 4 rings (SSSR count). The largest absolute Gasteiger partial charge is 0.330 e. The number of hydrogen-bond acceptors (Lipinski definition) is 4. The number of nitrogens with two attached hydrogens (primary N) is 1. The summed E-state index contributed by atoms with van der Waals surface area (Å²) < 4.78 is 25.4. The van der Waals surface area contributed by atoms with E-state index in [1.165, 1.54) is 48.6 Å². The highest BCUT2D eigenvalue weighted by Gasteiger charge is 2.40. The third-order valence-corrected chi connectivity index (χ3v) is 8.18. The lowest BCUT2D eigenvalue weighted by Gasteiger charge is -2.41. The average Bonchev–Trinajstić information content (AvgIpc) is 3.36. The summed E-state index contributed by atoms with van der Waals surface area (Å²) in [7, 11) is -3.25. The third kappa shape index (κ3) is 5.86. The van der Waals surface area contributed by atoms with E-state index < -0.39 is 10.0 Å². The topological polar surface area (TPSA) is 75.4 Å². The van der Waals surface area contributed by atoms with E-state index in [2.05, 4.69) is 46.0 Å². The molecule has 1 atom stereocenters. The van der Waals surface area contributed by atoms with Crippen LogP contribution in [0, 0.1) is 5.92 Å². The lowest BCUT2D eigenvalue weighted by atomic mass is 9.67. The van der Waals surface area contributed by atoms with Crippen LogP contribution in [0.15, 0.2) is 60.7 Å². The second-order valence-corrected chi connectivity index (χ2v) is 11.4. The normalized spacial score (nSPS) is 19.8. The molecule has 33 heavy (non-hydrogen) atoms. The van der Waals surface area contributed by atoms with Crippen molar-refractivity contribution in [3.05, 3.63) is 71.8 Å². The third-order valence-electron chi connectivity index (χ3n) is 7.58. The Hall–Kier alpha value is -2.15. The lowest BCUT2D eigenvalue weighted by molar-refractivity contribution is 0.205. The van der Waals surface area contributed by atoms with Crippen molar-refractivity contribution in [3.8, 4) is 0 Å². The van der Waals surface area contributed by atoms with Crippen molar-refractivity contribution < 1.29 is 8.42 Å². The molecule has 6 heteroatoms. The first kappa shape index (κ1) is 24.0. The molecule has 0 spiro atoms. The average molecular weight is 468 g/mol. The van der Waals surface area contributed by atoms with Crippen molar-refractivity contribution in [1.29, 1.82) is 0 Å². The summed E-state index contributed by atoms with van der Waals surface area (Å²) in [5, 5.41) is 0. The predicted molar refractivity (Wildman–Crippen MR) is 138 cm³/mol. The van der Waals surface area contributed by atoms with Crippen molar-refractivity contribution in [2.75, 3.05) is 37.2 Å². The second kappa shape index (κ2) is 10.4. The molecule has 2 aromatic carbocycles. The fourth-order valence-electron chi connectivity index (χ4n) is 5.72. The molecule has 0 bridgehead atoms. The maximum Gasteiger partial charge on any atom is 0.229 e. The number of anilines is 1. The van der Waals surface area contributed by atoms with Crippen LogP contribution in [0.25, 0.3) is 5.57 Å². The van der Waals surface area contributed by atoms with Crippen LogP contribution in [-0.4, -0.2) is 45.8 Å². The maximum absolute atomic E-state index is 11.4. The Morgan fingerprint density at radius 1 is 1.06 bits per heavy atom. The van der Waals surface area contributed by atoms with Gasteiger partial charge in [0.05, 0.1) is 6.26 Å². The molecule has 1 heterocycles. The first-order valence-corrected chi connectivity index (χ1v) is 14.0. The minimum atomic E-state index is -3.25. The van der Waals surface area contributed by atoms with E-state index in [-0.39, 0.29) is 5.41 Å². The van der Waals surface area contributed by atoms with E-state index >= 15 is 0 Å². The summed E-state index contributed by atoms with van der Waals surface area (Å²) in [5.41, 5.74) is 11.1. The van der Waals surface area contributed by atoms with Crippen LogP contribution in [-0.2, 0) is 15.4 Å². The Morgan fingerprint density at radius 2 is 1.76 bits per heavy atom. The zero-order valence-corrected chi connectivity index (χ0v) is 20.5. The minimum Gasteiger partial charge on any atom is -0.330 e. The first-order chi connectivity index (χ1) is 15.9. The summed E-state index contributed by atoms with van der Waals surface area (Å²) in [6, 6.07) is 18.6. The summed E-state index contributed by atoms with van der Waals surface area (Å²) in [5.74, 6) is 0.680. The van der Waals surface area contributed by atoms with Crippen LogP contribution in [0.5, 0.6) is 0 Å². The molecule has 1 fully saturated rings. The van der Waals surface area contributed by atoms with Gasteiger partial charge in [0.2, 0.25) is 10.0 Å². The highest BCUT2D eigenvalue weighted by atomic mass is 32.2. The number of sulfonamides is 1.